The Morgan fingerprint density at radius 2 is 1.69 bits per heavy atom. The van der Waals surface area contributed by atoms with E-state index in [0.29, 0.717) is 43.2 Å². The second-order valence-corrected chi connectivity index (χ2v) is 8.55. The number of halogens is 1. The molecule has 1 aliphatic rings. The van der Waals surface area contributed by atoms with Gasteiger partial charge in [0.2, 0.25) is 5.91 Å². The van der Waals surface area contributed by atoms with Gasteiger partial charge in [0, 0.05) is 43.9 Å². The highest BCUT2D eigenvalue weighted by molar-refractivity contribution is 5.96. The average molecular weight is 492 g/mol. The maximum Gasteiger partial charge on any atom is 0.254 e. The number of benzene rings is 2. The average Bonchev–Trinajstić information content (AvgIpc) is 3.18. The van der Waals surface area contributed by atoms with Gasteiger partial charge < -0.3 is 19.4 Å². The Hall–Kier alpha value is -4.01. The van der Waals surface area contributed by atoms with E-state index >= 15 is 0 Å². The van der Waals surface area contributed by atoms with Crippen molar-refractivity contribution in [2.45, 2.75) is 13.3 Å². The summed E-state index contributed by atoms with van der Waals surface area (Å²) in [7, 11) is 1.58. The van der Waals surface area contributed by atoms with Gasteiger partial charge in [0.25, 0.3) is 5.91 Å². The summed E-state index contributed by atoms with van der Waals surface area (Å²) in [6, 6.07) is 16.8. The summed E-state index contributed by atoms with van der Waals surface area (Å²) >= 11 is 0. The van der Waals surface area contributed by atoms with Crippen LogP contribution in [0.25, 0.3) is 11.3 Å². The van der Waals surface area contributed by atoms with Gasteiger partial charge in [-0.2, -0.15) is 0 Å². The van der Waals surface area contributed by atoms with Crippen molar-refractivity contribution in [3.8, 4) is 17.0 Å². The minimum absolute atomic E-state index is 0.0353. The van der Waals surface area contributed by atoms with Crippen LogP contribution in [0.15, 0.2) is 60.7 Å². The molecule has 2 aromatic carbocycles. The maximum atomic E-state index is 13.2. The van der Waals surface area contributed by atoms with Gasteiger partial charge in [-0.1, -0.05) is 0 Å². The van der Waals surface area contributed by atoms with Crippen LogP contribution in [0.4, 0.5) is 10.2 Å². The second-order valence-electron chi connectivity index (χ2n) is 8.55. The van der Waals surface area contributed by atoms with Crippen molar-refractivity contribution in [3.05, 3.63) is 72.0 Å². The zero-order valence-electron chi connectivity index (χ0n) is 20.6. The lowest BCUT2D eigenvalue weighted by Crippen LogP contribution is -2.44. The van der Waals surface area contributed by atoms with E-state index in [2.05, 4.69) is 15.1 Å². The van der Waals surface area contributed by atoms with Gasteiger partial charge in [-0.05, 0) is 74.0 Å². The zero-order chi connectivity index (χ0) is 25.5. The van der Waals surface area contributed by atoms with Crippen molar-refractivity contribution >= 4 is 17.6 Å². The molecular weight excluding hydrogens is 461 g/mol. The van der Waals surface area contributed by atoms with Gasteiger partial charge in [0.05, 0.1) is 12.8 Å². The van der Waals surface area contributed by atoms with Crippen LogP contribution in [0.2, 0.25) is 0 Å². The quantitative estimate of drug-likeness (QED) is 0.504. The fraction of sp³-hybridized carbons (Fsp3) is 0.333. The number of hydrogen-bond acceptors (Lipinski definition) is 6. The molecule has 1 fully saturated rings. The molecule has 0 radical (unpaired) electrons. The lowest BCUT2D eigenvalue weighted by Gasteiger charge is -2.26. The second kappa shape index (κ2) is 11.6. The summed E-state index contributed by atoms with van der Waals surface area (Å²) in [6.07, 6.45) is 0.783. The molecule has 0 saturated carbocycles. The SMILES string of the molecule is CCN(CC(=O)N1CCCN(c2ccc(-c3ccc(F)cc3)nn2)CC1)C(=O)c1ccc(OC)cc1. The lowest BCUT2D eigenvalue weighted by molar-refractivity contribution is -0.131. The third-order valence-electron chi connectivity index (χ3n) is 6.30. The number of ether oxygens (including phenoxy) is 1. The molecular formula is C27H30FN5O3. The number of methoxy groups -OCH3 is 1. The molecule has 3 aromatic rings. The van der Waals surface area contributed by atoms with Gasteiger partial charge in [-0.3, -0.25) is 9.59 Å². The molecule has 2 amide bonds. The number of rotatable bonds is 7. The molecule has 36 heavy (non-hydrogen) atoms. The van der Waals surface area contributed by atoms with Crippen LogP contribution in [0.3, 0.4) is 0 Å². The van der Waals surface area contributed by atoms with E-state index in [1.54, 1.807) is 48.4 Å². The molecule has 0 N–H and O–H groups in total. The Kier molecular flexibility index (Phi) is 8.10. The smallest absolute Gasteiger partial charge is 0.254 e. The minimum Gasteiger partial charge on any atom is -0.497 e. The Morgan fingerprint density at radius 3 is 2.33 bits per heavy atom. The predicted molar refractivity (Wildman–Crippen MR) is 135 cm³/mol. The monoisotopic (exact) mass is 491 g/mol. The molecule has 4 rings (SSSR count). The Bertz CT molecular complexity index is 1170. The summed E-state index contributed by atoms with van der Waals surface area (Å²) < 4.78 is 18.3. The predicted octanol–water partition coefficient (Wildman–Crippen LogP) is 3.49. The Balaban J connectivity index is 1.34. The van der Waals surface area contributed by atoms with Crippen LogP contribution < -0.4 is 9.64 Å². The molecule has 0 bridgehead atoms. The zero-order valence-corrected chi connectivity index (χ0v) is 20.6. The van der Waals surface area contributed by atoms with Crippen molar-refractivity contribution in [2.75, 3.05) is 51.3 Å². The molecule has 0 unspecified atom stereocenters. The molecule has 1 saturated heterocycles. The van der Waals surface area contributed by atoms with Crippen molar-refractivity contribution in [3.63, 3.8) is 0 Å². The van der Waals surface area contributed by atoms with Crippen LogP contribution in [0, 0.1) is 5.82 Å². The van der Waals surface area contributed by atoms with E-state index < -0.39 is 0 Å². The first-order chi connectivity index (χ1) is 17.5. The summed E-state index contributed by atoms with van der Waals surface area (Å²) in [6.45, 7) is 4.86. The summed E-state index contributed by atoms with van der Waals surface area (Å²) in [5.41, 5.74) is 1.99. The fourth-order valence-corrected chi connectivity index (χ4v) is 4.17. The molecule has 2 heterocycles. The summed E-state index contributed by atoms with van der Waals surface area (Å²) in [4.78, 5) is 31.5. The van der Waals surface area contributed by atoms with Gasteiger partial charge >= 0.3 is 0 Å². The first-order valence-electron chi connectivity index (χ1n) is 12.0. The number of nitrogens with zero attached hydrogens (tertiary/aromatic N) is 5. The van der Waals surface area contributed by atoms with E-state index in [4.69, 9.17) is 4.74 Å². The standard InChI is InChI=1S/C27H30FN5O3/c1-3-31(27(35)21-7-11-23(36-2)12-8-21)19-26(34)33-16-4-15-32(17-18-33)25-14-13-24(29-30-25)20-5-9-22(28)10-6-20/h5-14H,3-4,15-19H2,1-2H3. The van der Waals surface area contributed by atoms with E-state index in [0.717, 1.165) is 24.3 Å². The van der Waals surface area contributed by atoms with E-state index in [-0.39, 0.29) is 24.2 Å². The number of carbonyl (C=O) groups is 2. The highest BCUT2D eigenvalue weighted by atomic mass is 19.1. The Labute approximate surface area is 210 Å². The first kappa shape index (κ1) is 25.1. The van der Waals surface area contributed by atoms with E-state index in [1.807, 2.05) is 24.0 Å². The van der Waals surface area contributed by atoms with Crippen molar-refractivity contribution < 1.29 is 18.7 Å². The summed E-state index contributed by atoms with van der Waals surface area (Å²) in [5, 5.41) is 8.66. The van der Waals surface area contributed by atoms with E-state index in [1.165, 1.54) is 12.1 Å². The van der Waals surface area contributed by atoms with Crippen molar-refractivity contribution in [1.82, 2.24) is 20.0 Å². The number of carbonyl (C=O) groups excluding carboxylic acids is 2. The minimum atomic E-state index is -0.292. The molecule has 188 valence electrons. The molecule has 0 atom stereocenters. The van der Waals surface area contributed by atoms with Crippen LogP contribution in [0.5, 0.6) is 5.75 Å². The molecule has 8 nitrogen and oxygen atoms in total. The molecule has 0 spiro atoms. The molecule has 1 aromatic heterocycles. The first-order valence-corrected chi connectivity index (χ1v) is 12.0. The van der Waals surface area contributed by atoms with Gasteiger partial charge in [0.1, 0.15) is 18.1 Å². The van der Waals surface area contributed by atoms with Gasteiger partial charge in [-0.25, -0.2) is 4.39 Å². The number of amides is 2. The highest BCUT2D eigenvalue weighted by Crippen LogP contribution is 2.20. The molecule has 0 aliphatic carbocycles. The number of likely N-dealkylation sites (N-methyl/N-ethyl adjacent to an activating group) is 1. The van der Waals surface area contributed by atoms with Gasteiger partial charge in [0.15, 0.2) is 5.82 Å². The third kappa shape index (κ3) is 5.97. The van der Waals surface area contributed by atoms with Gasteiger partial charge in [-0.15, -0.1) is 10.2 Å². The highest BCUT2D eigenvalue weighted by Gasteiger charge is 2.24. The van der Waals surface area contributed by atoms with Crippen molar-refractivity contribution in [1.29, 1.82) is 0 Å². The van der Waals surface area contributed by atoms with Crippen LogP contribution in [-0.2, 0) is 4.79 Å². The van der Waals surface area contributed by atoms with Crippen LogP contribution in [0.1, 0.15) is 23.7 Å². The lowest BCUT2D eigenvalue weighted by atomic mass is 10.1. The number of hydrogen-bond donors (Lipinski definition) is 0. The van der Waals surface area contributed by atoms with Crippen molar-refractivity contribution in [2.24, 2.45) is 0 Å². The molecule has 1 aliphatic heterocycles. The van der Waals surface area contributed by atoms with E-state index in [9.17, 15) is 14.0 Å². The molecule has 9 heteroatoms. The fourth-order valence-electron chi connectivity index (χ4n) is 4.17. The normalized spacial score (nSPS) is 13.8. The maximum absolute atomic E-state index is 13.2. The third-order valence-corrected chi connectivity index (χ3v) is 6.30. The topological polar surface area (TPSA) is 78.9 Å². The Morgan fingerprint density at radius 1 is 0.944 bits per heavy atom. The summed E-state index contributed by atoms with van der Waals surface area (Å²) in [5.74, 6) is 0.869. The largest absolute Gasteiger partial charge is 0.497 e. The van der Waals surface area contributed by atoms with Crippen LogP contribution >= 0.6 is 0 Å². The van der Waals surface area contributed by atoms with Crippen LogP contribution in [-0.4, -0.2) is 78.2 Å². The number of aromatic nitrogens is 2. The number of anilines is 1.